The van der Waals surface area contributed by atoms with Gasteiger partial charge in [-0.2, -0.15) is 0 Å². The van der Waals surface area contributed by atoms with Crippen molar-refractivity contribution in [1.29, 1.82) is 0 Å². The van der Waals surface area contributed by atoms with Crippen molar-refractivity contribution in [2.45, 2.75) is 37.3 Å². The summed E-state index contributed by atoms with van der Waals surface area (Å²) in [5.74, 6) is -1.57. The molecule has 2 aliphatic rings. The first-order valence-corrected chi connectivity index (χ1v) is 6.54. The van der Waals surface area contributed by atoms with E-state index in [1.54, 1.807) is 6.07 Å². The fourth-order valence-electron chi connectivity index (χ4n) is 3.25. The zero-order valence-electron chi connectivity index (χ0n) is 10.6. The van der Waals surface area contributed by atoms with Crippen molar-refractivity contribution in [3.05, 3.63) is 35.4 Å². The topological polar surface area (TPSA) is 21.3 Å². The fraction of sp³-hybridized carbons (Fsp3) is 0.571. The predicted octanol–water partition coefficient (Wildman–Crippen LogP) is 3.14. The average molecular weight is 290 g/mol. The van der Waals surface area contributed by atoms with Gasteiger partial charge in [0, 0.05) is 6.54 Å². The number of rotatable bonds is 1. The molecule has 1 saturated carbocycles. The minimum Gasteiger partial charge on any atom is -0.375 e. The van der Waals surface area contributed by atoms with Crippen LogP contribution in [-0.2, 0) is 10.3 Å². The number of hydrogen-bond acceptors (Lipinski definition) is 2. The van der Waals surface area contributed by atoms with Gasteiger partial charge in [0.2, 0.25) is 0 Å². The first-order valence-electron chi connectivity index (χ1n) is 6.54. The molecule has 19 heavy (non-hydrogen) atoms. The third-order valence-corrected chi connectivity index (χ3v) is 4.13. The van der Waals surface area contributed by atoms with E-state index in [1.165, 1.54) is 12.1 Å². The van der Waals surface area contributed by atoms with Gasteiger partial charge in [0.1, 0.15) is 0 Å². The lowest BCUT2D eigenvalue weighted by molar-refractivity contribution is -0.0757. The number of hydrogen-bond donors (Lipinski definition) is 1. The van der Waals surface area contributed by atoms with Crippen LogP contribution in [0.3, 0.4) is 0 Å². The van der Waals surface area contributed by atoms with Crippen LogP contribution in [0.2, 0.25) is 0 Å². The van der Waals surface area contributed by atoms with Crippen molar-refractivity contribution < 1.29 is 13.5 Å². The van der Waals surface area contributed by atoms with Gasteiger partial charge in [-0.15, -0.1) is 12.4 Å². The highest BCUT2D eigenvalue weighted by atomic mass is 35.5. The van der Waals surface area contributed by atoms with Crippen LogP contribution in [-0.4, -0.2) is 19.3 Å². The van der Waals surface area contributed by atoms with Crippen LogP contribution < -0.4 is 5.32 Å². The highest BCUT2D eigenvalue weighted by molar-refractivity contribution is 5.85. The number of nitrogens with one attached hydrogen (secondary N) is 1. The summed E-state index contributed by atoms with van der Waals surface area (Å²) in [5, 5.41) is 3.48. The van der Waals surface area contributed by atoms with Gasteiger partial charge < -0.3 is 10.1 Å². The molecule has 0 amide bonds. The number of halogens is 3. The van der Waals surface area contributed by atoms with E-state index in [0.717, 1.165) is 37.8 Å². The monoisotopic (exact) mass is 289 g/mol. The third kappa shape index (κ3) is 2.49. The lowest BCUT2D eigenvalue weighted by atomic mass is 9.73. The summed E-state index contributed by atoms with van der Waals surface area (Å²) in [6.45, 7) is 1.45. The van der Waals surface area contributed by atoms with Crippen LogP contribution >= 0.6 is 12.4 Å². The van der Waals surface area contributed by atoms with Gasteiger partial charge in [-0.1, -0.05) is 18.9 Å². The first-order chi connectivity index (χ1) is 8.72. The maximum Gasteiger partial charge on any atom is 0.159 e. The van der Waals surface area contributed by atoms with E-state index in [0.29, 0.717) is 6.61 Å². The zero-order chi connectivity index (χ0) is 12.6. The van der Waals surface area contributed by atoms with Crippen LogP contribution in [0, 0.1) is 11.6 Å². The summed E-state index contributed by atoms with van der Waals surface area (Å²) < 4.78 is 32.3. The van der Waals surface area contributed by atoms with Gasteiger partial charge in [0.15, 0.2) is 11.6 Å². The van der Waals surface area contributed by atoms with E-state index in [9.17, 15) is 8.78 Å². The largest absolute Gasteiger partial charge is 0.375 e. The van der Waals surface area contributed by atoms with Gasteiger partial charge >= 0.3 is 0 Å². The molecule has 1 aliphatic heterocycles. The quantitative estimate of drug-likeness (QED) is 0.857. The Morgan fingerprint density at radius 3 is 2.84 bits per heavy atom. The minimum absolute atomic E-state index is 0. The summed E-state index contributed by atoms with van der Waals surface area (Å²) in [4.78, 5) is 0. The second kappa shape index (κ2) is 5.73. The van der Waals surface area contributed by atoms with Crippen LogP contribution in [0.1, 0.15) is 31.2 Å². The van der Waals surface area contributed by atoms with Crippen molar-refractivity contribution in [3.63, 3.8) is 0 Å². The Balaban J connectivity index is 0.00000133. The first kappa shape index (κ1) is 14.7. The highest BCUT2D eigenvalue weighted by Crippen LogP contribution is 2.40. The molecule has 2 atom stereocenters. The second-order valence-corrected chi connectivity index (χ2v) is 5.13. The molecule has 0 radical (unpaired) electrons. The number of fused-ring (bicyclic) bond motifs is 1. The molecule has 2 fully saturated rings. The lowest BCUT2D eigenvalue weighted by Crippen LogP contribution is -2.59. The van der Waals surface area contributed by atoms with E-state index in [-0.39, 0.29) is 24.0 Å². The summed E-state index contributed by atoms with van der Waals surface area (Å²) in [5.41, 5.74) is 0.483. The van der Waals surface area contributed by atoms with E-state index in [1.807, 2.05) is 0 Å². The molecule has 3 rings (SSSR count). The molecule has 1 saturated heterocycles. The van der Waals surface area contributed by atoms with Gasteiger partial charge in [-0.05, 0) is 30.5 Å². The summed E-state index contributed by atoms with van der Waals surface area (Å²) >= 11 is 0. The minimum atomic E-state index is -0.792. The fourth-order valence-corrected chi connectivity index (χ4v) is 3.25. The van der Waals surface area contributed by atoms with E-state index < -0.39 is 11.6 Å². The molecule has 1 aromatic carbocycles. The third-order valence-electron chi connectivity index (χ3n) is 4.13. The molecule has 2 nitrogen and oxygen atoms in total. The Morgan fingerprint density at radius 1 is 1.21 bits per heavy atom. The molecule has 1 aliphatic carbocycles. The molecule has 5 heteroatoms. The van der Waals surface area contributed by atoms with Crippen LogP contribution in [0.5, 0.6) is 0 Å². The van der Waals surface area contributed by atoms with E-state index >= 15 is 0 Å². The highest BCUT2D eigenvalue weighted by Gasteiger charge is 2.44. The van der Waals surface area contributed by atoms with E-state index in [4.69, 9.17) is 4.74 Å². The number of ether oxygens (including phenoxy) is 1. The Kier molecular flexibility index (Phi) is 4.43. The van der Waals surface area contributed by atoms with Gasteiger partial charge in [-0.3, -0.25) is 0 Å². The van der Waals surface area contributed by atoms with Crippen molar-refractivity contribution >= 4 is 12.4 Å². The van der Waals surface area contributed by atoms with Crippen molar-refractivity contribution in [2.24, 2.45) is 0 Å². The summed E-state index contributed by atoms with van der Waals surface area (Å²) in [6, 6.07) is 4.20. The van der Waals surface area contributed by atoms with Crippen molar-refractivity contribution in [2.75, 3.05) is 13.2 Å². The number of benzene rings is 1. The summed E-state index contributed by atoms with van der Waals surface area (Å²) in [7, 11) is 0. The maximum absolute atomic E-state index is 13.4. The number of morpholine rings is 1. The summed E-state index contributed by atoms with van der Waals surface area (Å²) in [6.07, 6.45) is 4.20. The molecular weight excluding hydrogens is 272 g/mol. The molecule has 1 heterocycles. The standard InChI is InChI=1S/C14H17F2NO.ClH/c15-11-5-4-10(9-12(11)16)14-6-2-1-3-13(14)18-8-7-17-14;/h4-5,9,13,17H,1-3,6-8H2;1H. The SMILES string of the molecule is Cl.Fc1ccc(C23CCCCC2OCCN3)cc1F. The molecule has 0 spiro atoms. The Morgan fingerprint density at radius 2 is 2.05 bits per heavy atom. The molecule has 0 bridgehead atoms. The smallest absolute Gasteiger partial charge is 0.159 e. The molecule has 106 valence electrons. The van der Waals surface area contributed by atoms with E-state index in [2.05, 4.69) is 5.32 Å². The second-order valence-electron chi connectivity index (χ2n) is 5.13. The van der Waals surface area contributed by atoms with Gasteiger partial charge in [0.25, 0.3) is 0 Å². The molecule has 0 aromatic heterocycles. The van der Waals surface area contributed by atoms with Gasteiger partial charge in [-0.25, -0.2) is 8.78 Å². The van der Waals surface area contributed by atoms with Crippen LogP contribution in [0.25, 0.3) is 0 Å². The predicted molar refractivity (Wildman–Crippen MR) is 71.5 cm³/mol. The van der Waals surface area contributed by atoms with Crippen LogP contribution in [0.4, 0.5) is 8.78 Å². The Hall–Kier alpha value is -0.710. The molecule has 1 N–H and O–H groups in total. The zero-order valence-corrected chi connectivity index (χ0v) is 11.4. The molecule has 2 unspecified atom stereocenters. The average Bonchev–Trinajstić information content (AvgIpc) is 2.42. The molecular formula is C14H18ClF2NO. The normalized spacial score (nSPS) is 30.3. The molecule has 1 aromatic rings. The van der Waals surface area contributed by atoms with Crippen molar-refractivity contribution in [3.8, 4) is 0 Å². The van der Waals surface area contributed by atoms with Gasteiger partial charge in [0.05, 0.1) is 18.2 Å². The lowest BCUT2D eigenvalue weighted by Gasteiger charge is -2.48. The maximum atomic E-state index is 13.4. The van der Waals surface area contributed by atoms with Crippen molar-refractivity contribution in [1.82, 2.24) is 5.32 Å². The van der Waals surface area contributed by atoms with Crippen LogP contribution in [0.15, 0.2) is 18.2 Å². The Labute approximate surface area is 117 Å². The Bertz CT molecular complexity index is 443.